The first-order valence-electron chi connectivity index (χ1n) is 8.39. The van der Waals surface area contributed by atoms with Gasteiger partial charge in [0.2, 0.25) is 5.91 Å². The van der Waals surface area contributed by atoms with Crippen LogP contribution in [0.1, 0.15) is 35.1 Å². The molecule has 1 aromatic carbocycles. The molecule has 3 rings (SSSR count). The van der Waals surface area contributed by atoms with Crippen molar-refractivity contribution in [3.05, 3.63) is 63.3 Å². The Hall–Kier alpha value is -3.00. The van der Waals surface area contributed by atoms with Crippen LogP contribution in [0.25, 0.3) is 5.78 Å². The second kappa shape index (κ2) is 7.49. The number of rotatable bonds is 6. The molecular formula is C18H21N5O3. The van der Waals surface area contributed by atoms with E-state index in [1.165, 1.54) is 4.52 Å². The van der Waals surface area contributed by atoms with Crippen LogP contribution < -0.4 is 10.9 Å². The summed E-state index contributed by atoms with van der Waals surface area (Å²) in [5, 5.41) is 15.2. The number of H-pyrrole nitrogens is 1. The van der Waals surface area contributed by atoms with Crippen molar-refractivity contribution in [2.75, 3.05) is 6.61 Å². The molecule has 0 bridgehead atoms. The number of carbonyl (C=O) groups excluding carboxylic acids is 1. The van der Waals surface area contributed by atoms with E-state index in [4.69, 9.17) is 0 Å². The molecule has 1 amide bonds. The SMILES string of the molecule is Cc1nc2nc(C)c(CCC(=O)NC(CO)c3ccccc3)c(=O)n2[nH]1. The molecule has 0 aliphatic rings. The average Bonchev–Trinajstić information content (AvgIpc) is 3.00. The van der Waals surface area contributed by atoms with E-state index < -0.39 is 6.04 Å². The van der Waals surface area contributed by atoms with Crippen LogP contribution in [-0.2, 0) is 11.2 Å². The molecule has 136 valence electrons. The normalized spacial score (nSPS) is 12.3. The molecule has 0 spiro atoms. The first kappa shape index (κ1) is 17.8. The average molecular weight is 355 g/mol. The Morgan fingerprint density at radius 2 is 2.00 bits per heavy atom. The molecular weight excluding hydrogens is 334 g/mol. The number of fused-ring (bicyclic) bond motifs is 1. The van der Waals surface area contributed by atoms with Crippen LogP contribution in [0.2, 0.25) is 0 Å². The van der Waals surface area contributed by atoms with Crippen LogP contribution in [0.15, 0.2) is 35.1 Å². The van der Waals surface area contributed by atoms with Crippen LogP contribution >= 0.6 is 0 Å². The van der Waals surface area contributed by atoms with Crippen LogP contribution in [-0.4, -0.2) is 37.2 Å². The van der Waals surface area contributed by atoms with Crippen molar-refractivity contribution >= 4 is 11.7 Å². The summed E-state index contributed by atoms with van der Waals surface area (Å²) >= 11 is 0. The molecule has 8 heteroatoms. The fourth-order valence-electron chi connectivity index (χ4n) is 2.87. The van der Waals surface area contributed by atoms with Crippen molar-refractivity contribution in [1.82, 2.24) is 24.9 Å². The van der Waals surface area contributed by atoms with Gasteiger partial charge in [0.05, 0.1) is 18.3 Å². The van der Waals surface area contributed by atoms with Crippen LogP contribution in [0, 0.1) is 13.8 Å². The van der Waals surface area contributed by atoms with Gasteiger partial charge in [0.15, 0.2) is 0 Å². The van der Waals surface area contributed by atoms with Gasteiger partial charge in [-0.25, -0.2) is 4.98 Å². The first-order chi connectivity index (χ1) is 12.5. The van der Waals surface area contributed by atoms with E-state index in [0.717, 1.165) is 5.56 Å². The number of carbonyl (C=O) groups is 1. The van der Waals surface area contributed by atoms with Crippen molar-refractivity contribution in [3.8, 4) is 0 Å². The summed E-state index contributed by atoms with van der Waals surface area (Å²) in [6, 6.07) is 8.79. The van der Waals surface area contributed by atoms with Gasteiger partial charge >= 0.3 is 0 Å². The Balaban J connectivity index is 1.71. The van der Waals surface area contributed by atoms with E-state index in [0.29, 0.717) is 22.9 Å². The maximum Gasteiger partial charge on any atom is 0.277 e. The zero-order valence-electron chi connectivity index (χ0n) is 14.7. The van der Waals surface area contributed by atoms with Crippen molar-refractivity contribution in [1.29, 1.82) is 0 Å². The minimum Gasteiger partial charge on any atom is -0.394 e. The lowest BCUT2D eigenvalue weighted by Crippen LogP contribution is -2.31. The van der Waals surface area contributed by atoms with Gasteiger partial charge in [-0.2, -0.15) is 9.50 Å². The molecule has 2 aromatic heterocycles. The van der Waals surface area contributed by atoms with Gasteiger partial charge < -0.3 is 10.4 Å². The topological polar surface area (TPSA) is 112 Å². The molecule has 1 unspecified atom stereocenters. The molecule has 26 heavy (non-hydrogen) atoms. The first-order valence-corrected chi connectivity index (χ1v) is 8.39. The van der Waals surface area contributed by atoms with Crippen LogP contribution in [0.3, 0.4) is 0 Å². The lowest BCUT2D eigenvalue weighted by atomic mass is 10.1. The maximum absolute atomic E-state index is 12.6. The summed E-state index contributed by atoms with van der Waals surface area (Å²) in [5.74, 6) is 0.678. The Kier molecular flexibility index (Phi) is 5.13. The fraction of sp³-hybridized carbons (Fsp3) is 0.333. The zero-order chi connectivity index (χ0) is 18.7. The van der Waals surface area contributed by atoms with E-state index >= 15 is 0 Å². The van der Waals surface area contributed by atoms with Crippen LogP contribution in [0.4, 0.5) is 0 Å². The number of aromatic nitrogens is 4. The Bertz CT molecular complexity index is 978. The number of hydrogen-bond acceptors (Lipinski definition) is 5. The van der Waals surface area contributed by atoms with E-state index in [2.05, 4.69) is 20.4 Å². The third-order valence-electron chi connectivity index (χ3n) is 4.23. The number of aryl methyl sites for hydroxylation is 2. The van der Waals surface area contributed by atoms with Gasteiger partial charge in [0.1, 0.15) is 5.82 Å². The van der Waals surface area contributed by atoms with E-state index in [1.54, 1.807) is 13.8 Å². The Labute approximate surface area is 149 Å². The standard InChI is InChI=1S/C18H21N5O3/c1-11-14(17(26)23-18(19-11)20-12(2)22-23)8-9-16(25)21-15(10-24)13-6-4-3-5-7-13/h3-7,15,24H,8-10H2,1-2H3,(H,21,25)(H,19,20,22). The Morgan fingerprint density at radius 1 is 1.27 bits per heavy atom. The Morgan fingerprint density at radius 3 is 2.69 bits per heavy atom. The van der Waals surface area contributed by atoms with Crippen LogP contribution in [0.5, 0.6) is 0 Å². The molecule has 1 atom stereocenters. The molecule has 0 fully saturated rings. The zero-order valence-corrected chi connectivity index (χ0v) is 14.7. The number of aliphatic hydroxyl groups is 1. The summed E-state index contributed by atoms with van der Waals surface area (Å²) in [4.78, 5) is 33.3. The number of amides is 1. The predicted molar refractivity (Wildman–Crippen MR) is 95.8 cm³/mol. The number of aromatic amines is 1. The lowest BCUT2D eigenvalue weighted by Gasteiger charge is -2.16. The van der Waals surface area contributed by atoms with Gasteiger partial charge in [-0.05, 0) is 25.8 Å². The second-order valence-electron chi connectivity index (χ2n) is 6.14. The molecule has 3 aromatic rings. The summed E-state index contributed by atoms with van der Waals surface area (Å²) in [5.41, 5.74) is 1.62. The summed E-state index contributed by atoms with van der Waals surface area (Å²) in [7, 11) is 0. The third-order valence-corrected chi connectivity index (χ3v) is 4.23. The van der Waals surface area contributed by atoms with Gasteiger partial charge in [-0.1, -0.05) is 30.3 Å². The minimum absolute atomic E-state index is 0.125. The van der Waals surface area contributed by atoms with E-state index in [-0.39, 0.29) is 30.9 Å². The fourth-order valence-corrected chi connectivity index (χ4v) is 2.87. The van der Waals surface area contributed by atoms with Gasteiger partial charge in [-0.15, -0.1) is 0 Å². The highest BCUT2D eigenvalue weighted by Crippen LogP contribution is 2.12. The highest BCUT2D eigenvalue weighted by Gasteiger charge is 2.16. The van der Waals surface area contributed by atoms with Crippen molar-refractivity contribution in [3.63, 3.8) is 0 Å². The third kappa shape index (κ3) is 3.65. The molecule has 0 saturated heterocycles. The predicted octanol–water partition coefficient (Wildman–Crippen LogP) is 0.817. The minimum atomic E-state index is -0.471. The van der Waals surface area contributed by atoms with Gasteiger partial charge in [0.25, 0.3) is 11.3 Å². The van der Waals surface area contributed by atoms with E-state index in [9.17, 15) is 14.7 Å². The number of nitrogens with one attached hydrogen (secondary N) is 2. The van der Waals surface area contributed by atoms with E-state index in [1.807, 2.05) is 30.3 Å². The molecule has 2 heterocycles. The highest BCUT2D eigenvalue weighted by atomic mass is 16.3. The quantitative estimate of drug-likeness (QED) is 0.606. The monoisotopic (exact) mass is 355 g/mol. The number of nitrogens with zero attached hydrogens (tertiary/aromatic N) is 3. The lowest BCUT2D eigenvalue weighted by molar-refractivity contribution is -0.122. The molecule has 8 nitrogen and oxygen atoms in total. The molecule has 0 aliphatic heterocycles. The molecule has 0 aliphatic carbocycles. The number of hydrogen-bond donors (Lipinski definition) is 3. The second-order valence-corrected chi connectivity index (χ2v) is 6.14. The number of aliphatic hydroxyl groups excluding tert-OH is 1. The van der Waals surface area contributed by atoms with Gasteiger partial charge in [-0.3, -0.25) is 14.7 Å². The summed E-state index contributed by atoms with van der Waals surface area (Å²) in [6.45, 7) is 3.28. The number of benzene rings is 1. The smallest absolute Gasteiger partial charge is 0.277 e. The van der Waals surface area contributed by atoms with Crippen molar-refractivity contribution in [2.45, 2.75) is 32.7 Å². The molecule has 3 N–H and O–H groups in total. The maximum atomic E-state index is 12.6. The van der Waals surface area contributed by atoms with Crippen molar-refractivity contribution < 1.29 is 9.90 Å². The molecule has 0 saturated carbocycles. The van der Waals surface area contributed by atoms with Gasteiger partial charge in [0, 0.05) is 12.0 Å². The summed E-state index contributed by atoms with van der Waals surface area (Å²) < 4.78 is 1.29. The van der Waals surface area contributed by atoms with Crippen molar-refractivity contribution in [2.24, 2.45) is 0 Å². The highest BCUT2D eigenvalue weighted by molar-refractivity contribution is 5.76. The molecule has 0 radical (unpaired) electrons. The largest absolute Gasteiger partial charge is 0.394 e. The summed E-state index contributed by atoms with van der Waals surface area (Å²) in [6.07, 6.45) is 0.387.